The van der Waals surface area contributed by atoms with Gasteiger partial charge in [0.05, 0.1) is 19.3 Å². The van der Waals surface area contributed by atoms with Crippen LogP contribution in [0.5, 0.6) is 0 Å². The van der Waals surface area contributed by atoms with E-state index < -0.39 is 0 Å². The molecule has 2 heterocycles. The Bertz CT molecular complexity index is 592. The lowest BCUT2D eigenvalue weighted by atomic mass is 10.3. The maximum absolute atomic E-state index is 11.4. The number of rotatable bonds is 6. The average molecular weight is 275 g/mol. The Kier molecular flexibility index (Phi) is 4.74. The number of hydrogen-bond acceptors (Lipinski definition) is 4. The van der Waals surface area contributed by atoms with E-state index in [1.807, 2.05) is 35.9 Å². The second-order valence-electron chi connectivity index (χ2n) is 4.94. The summed E-state index contributed by atoms with van der Waals surface area (Å²) >= 11 is 0. The number of methoxy groups -OCH3 is 1. The number of carbonyl (C=O) groups excluding carboxylic acids is 1. The van der Waals surface area contributed by atoms with E-state index in [1.54, 1.807) is 0 Å². The van der Waals surface area contributed by atoms with Gasteiger partial charge in [-0.05, 0) is 31.5 Å². The van der Waals surface area contributed by atoms with Gasteiger partial charge in [-0.15, -0.1) is 0 Å². The SMILES string of the molecule is CCCN(CC(=O)OC)Cc1cn2cccc(C)c2n1. The van der Waals surface area contributed by atoms with Crippen LogP contribution in [-0.4, -0.2) is 40.5 Å². The van der Waals surface area contributed by atoms with E-state index >= 15 is 0 Å². The Morgan fingerprint density at radius 3 is 2.95 bits per heavy atom. The summed E-state index contributed by atoms with van der Waals surface area (Å²) in [4.78, 5) is 18.1. The van der Waals surface area contributed by atoms with Gasteiger partial charge in [0.2, 0.25) is 0 Å². The third kappa shape index (κ3) is 3.36. The summed E-state index contributed by atoms with van der Waals surface area (Å²) in [6, 6.07) is 4.05. The Balaban J connectivity index is 2.15. The normalized spacial score (nSPS) is 11.2. The van der Waals surface area contributed by atoms with Gasteiger partial charge < -0.3 is 9.14 Å². The number of carbonyl (C=O) groups is 1. The molecule has 108 valence electrons. The number of aromatic nitrogens is 2. The number of fused-ring (bicyclic) bond motifs is 1. The highest BCUT2D eigenvalue weighted by Gasteiger charge is 2.13. The number of pyridine rings is 1. The van der Waals surface area contributed by atoms with E-state index in [4.69, 9.17) is 4.74 Å². The number of hydrogen-bond donors (Lipinski definition) is 0. The molecular formula is C15H21N3O2. The first-order chi connectivity index (χ1) is 9.63. The predicted octanol–water partition coefficient (Wildman–Crippen LogP) is 2.03. The summed E-state index contributed by atoms with van der Waals surface area (Å²) in [5.41, 5.74) is 3.09. The molecule has 5 nitrogen and oxygen atoms in total. The first kappa shape index (κ1) is 14.5. The van der Waals surface area contributed by atoms with Crippen molar-refractivity contribution in [1.29, 1.82) is 0 Å². The van der Waals surface area contributed by atoms with Crippen molar-refractivity contribution in [1.82, 2.24) is 14.3 Å². The van der Waals surface area contributed by atoms with Gasteiger partial charge in [-0.1, -0.05) is 13.0 Å². The molecule has 0 spiro atoms. The summed E-state index contributed by atoms with van der Waals surface area (Å²) in [5.74, 6) is -0.210. The maximum atomic E-state index is 11.4. The van der Waals surface area contributed by atoms with Crippen LogP contribution in [0.2, 0.25) is 0 Å². The van der Waals surface area contributed by atoms with E-state index in [1.165, 1.54) is 7.11 Å². The summed E-state index contributed by atoms with van der Waals surface area (Å²) in [5, 5.41) is 0. The number of nitrogens with zero attached hydrogens (tertiary/aromatic N) is 3. The summed E-state index contributed by atoms with van der Waals surface area (Å²) in [6.45, 7) is 5.95. The number of aryl methyl sites for hydroxylation is 1. The van der Waals surface area contributed by atoms with Gasteiger partial charge in [0, 0.05) is 18.9 Å². The molecule has 2 aromatic heterocycles. The highest BCUT2D eigenvalue weighted by atomic mass is 16.5. The molecule has 0 aliphatic carbocycles. The first-order valence-electron chi connectivity index (χ1n) is 6.86. The highest BCUT2D eigenvalue weighted by Crippen LogP contribution is 2.11. The maximum Gasteiger partial charge on any atom is 0.319 e. The average Bonchev–Trinajstić information content (AvgIpc) is 2.83. The van der Waals surface area contributed by atoms with E-state index in [0.29, 0.717) is 13.1 Å². The van der Waals surface area contributed by atoms with Crippen LogP contribution < -0.4 is 0 Å². The van der Waals surface area contributed by atoms with Gasteiger partial charge in [-0.2, -0.15) is 0 Å². The Morgan fingerprint density at radius 1 is 1.50 bits per heavy atom. The molecule has 0 unspecified atom stereocenters. The fourth-order valence-electron chi connectivity index (χ4n) is 2.29. The van der Waals surface area contributed by atoms with Crippen LogP contribution in [-0.2, 0) is 16.1 Å². The molecule has 0 aliphatic rings. The zero-order chi connectivity index (χ0) is 14.5. The molecule has 0 aliphatic heterocycles. The molecule has 0 aromatic carbocycles. The lowest BCUT2D eigenvalue weighted by Crippen LogP contribution is -2.31. The second kappa shape index (κ2) is 6.52. The summed E-state index contributed by atoms with van der Waals surface area (Å²) in [7, 11) is 1.42. The summed E-state index contributed by atoms with van der Waals surface area (Å²) in [6.07, 6.45) is 5.00. The van der Waals surface area contributed by atoms with Crippen LogP contribution in [0.1, 0.15) is 24.6 Å². The molecule has 20 heavy (non-hydrogen) atoms. The zero-order valence-electron chi connectivity index (χ0n) is 12.3. The predicted molar refractivity (Wildman–Crippen MR) is 77.5 cm³/mol. The van der Waals surface area contributed by atoms with Crippen molar-refractivity contribution in [2.75, 3.05) is 20.2 Å². The van der Waals surface area contributed by atoms with Gasteiger partial charge in [0.25, 0.3) is 0 Å². The van der Waals surface area contributed by atoms with Crippen molar-refractivity contribution in [3.8, 4) is 0 Å². The smallest absolute Gasteiger partial charge is 0.319 e. The summed E-state index contributed by atoms with van der Waals surface area (Å²) < 4.78 is 6.76. The molecule has 2 rings (SSSR count). The molecule has 0 amide bonds. The largest absolute Gasteiger partial charge is 0.468 e. The number of esters is 1. The third-order valence-corrected chi connectivity index (χ3v) is 3.23. The van der Waals surface area contributed by atoms with Crippen molar-refractivity contribution in [3.05, 3.63) is 35.8 Å². The second-order valence-corrected chi connectivity index (χ2v) is 4.94. The lowest BCUT2D eigenvalue weighted by Gasteiger charge is -2.18. The molecular weight excluding hydrogens is 254 g/mol. The fraction of sp³-hybridized carbons (Fsp3) is 0.467. The Morgan fingerprint density at radius 2 is 2.30 bits per heavy atom. The molecule has 0 fully saturated rings. The number of imidazole rings is 1. The minimum atomic E-state index is -0.210. The van der Waals surface area contributed by atoms with Crippen LogP contribution in [0.25, 0.3) is 5.65 Å². The standard InChI is InChI=1S/C15H21N3O2/c1-4-7-17(11-14(19)20-3)9-13-10-18-8-5-6-12(2)15(18)16-13/h5-6,8,10H,4,7,9,11H2,1-3H3. The molecule has 0 atom stereocenters. The van der Waals surface area contributed by atoms with Crippen LogP contribution in [0.3, 0.4) is 0 Å². The van der Waals surface area contributed by atoms with Gasteiger partial charge in [0.15, 0.2) is 0 Å². The minimum absolute atomic E-state index is 0.210. The van der Waals surface area contributed by atoms with E-state index in [0.717, 1.165) is 29.9 Å². The molecule has 0 N–H and O–H groups in total. The van der Waals surface area contributed by atoms with Crippen LogP contribution in [0.4, 0.5) is 0 Å². The van der Waals surface area contributed by atoms with Crippen LogP contribution in [0, 0.1) is 6.92 Å². The molecule has 2 aromatic rings. The zero-order valence-corrected chi connectivity index (χ0v) is 12.3. The van der Waals surface area contributed by atoms with Crippen molar-refractivity contribution in [2.45, 2.75) is 26.8 Å². The fourth-order valence-corrected chi connectivity index (χ4v) is 2.29. The highest BCUT2D eigenvalue weighted by molar-refractivity contribution is 5.71. The van der Waals surface area contributed by atoms with E-state index in [-0.39, 0.29) is 5.97 Å². The Labute approximate surface area is 119 Å². The third-order valence-electron chi connectivity index (χ3n) is 3.23. The Hall–Kier alpha value is -1.88. The monoisotopic (exact) mass is 275 g/mol. The van der Waals surface area contributed by atoms with Crippen molar-refractivity contribution in [2.24, 2.45) is 0 Å². The first-order valence-corrected chi connectivity index (χ1v) is 6.86. The minimum Gasteiger partial charge on any atom is -0.468 e. The van der Waals surface area contributed by atoms with Crippen molar-refractivity contribution >= 4 is 11.6 Å². The molecule has 0 saturated carbocycles. The van der Waals surface area contributed by atoms with Gasteiger partial charge in [-0.25, -0.2) is 4.98 Å². The van der Waals surface area contributed by atoms with Crippen molar-refractivity contribution < 1.29 is 9.53 Å². The molecule has 5 heteroatoms. The van der Waals surface area contributed by atoms with Crippen LogP contribution in [0.15, 0.2) is 24.5 Å². The topological polar surface area (TPSA) is 46.8 Å². The number of ether oxygens (including phenoxy) is 1. The lowest BCUT2D eigenvalue weighted by molar-refractivity contribution is -0.142. The quantitative estimate of drug-likeness (QED) is 0.757. The van der Waals surface area contributed by atoms with E-state index in [2.05, 4.69) is 16.8 Å². The molecule has 0 saturated heterocycles. The molecule has 0 bridgehead atoms. The van der Waals surface area contributed by atoms with Gasteiger partial charge in [-0.3, -0.25) is 9.69 Å². The van der Waals surface area contributed by atoms with Crippen molar-refractivity contribution in [3.63, 3.8) is 0 Å². The van der Waals surface area contributed by atoms with E-state index in [9.17, 15) is 4.79 Å². The van der Waals surface area contributed by atoms with Crippen LogP contribution >= 0.6 is 0 Å². The molecule has 0 radical (unpaired) electrons. The van der Waals surface area contributed by atoms with Gasteiger partial charge in [0.1, 0.15) is 5.65 Å². The van der Waals surface area contributed by atoms with Gasteiger partial charge >= 0.3 is 5.97 Å².